The standard InChI is InChI=1S/C13H10F3N5O/c14-13(15,16)5-19-12(22)9-3-7(4-18-9)10-8-1-2-17-11(8)21-6-20-10/h1-4,6,18H,5H2,(H,19,22)(H,17,20,21). The topological polar surface area (TPSA) is 86.5 Å². The molecule has 114 valence electrons. The first-order chi connectivity index (χ1) is 10.4. The van der Waals surface area contributed by atoms with E-state index < -0.39 is 18.6 Å². The van der Waals surface area contributed by atoms with E-state index in [9.17, 15) is 18.0 Å². The normalized spacial score (nSPS) is 11.8. The number of H-pyrrole nitrogens is 2. The van der Waals surface area contributed by atoms with Crippen LogP contribution in [0.5, 0.6) is 0 Å². The minimum atomic E-state index is -4.45. The van der Waals surface area contributed by atoms with Gasteiger partial charge in [-0.2, -0.15) is 13.2 Å². The summed E-state index contributed by atoms with van der Waals surface area (Å²) in [5.74, 6) is -0.831. The highest BCUT2D eigenvalue weighted by Crippen LogP contribution is 2.25. The molecule has 0 aromatic carbocycles. The Morgan fingerprint density at radius 3 is 2.86 bits per heavy atom. The molecule has 0 aliphatic rings. The molecule has 0 saturated carbocycles. The van der Waals surface area contributed by atoms with Crippen LogP contribution >= 0.6 is 0 Å². The third-order valence-electron chi connectivity index (χ3n) is 3.00. The first-order valence-corrected chi connectivity index (χ1v) is 6.26. The van der Waals surface area contributed by atoms with Crippen LogP contribution in [0, 0.1) is 0 Å². The number of aromatic nitrogens is 4. The first kappa shape index (κ1) is 14.1. The third-order valence-corrected chi connectivity index (χ3v) is 3.00. The van der Waals surface area contributed by atoms with Gasteiger partial charge in [0.25, 0.3) is 5.91 Å². The van der Waals surface area contributed by atoms with Gasteiger partial charge in [0.1, 0.15) is 24.2 Å². The van der Waals surface area contributed by atoms with Gasteiger partial charge >= 0.3 is 6.18 Å². The van der Waals surface area contributed by atoms with Crippen LogP contribution in [0.4, 0.5) is 13.2 Å². The monoisotopic (exact) mass is 309 g/mol. The molecule has 3 rings (SSSR count). The van der Waals surface area contributed by atoms with Gasteiger partial charge in [-0.1, -0.05) is 0 Å². The lowest BCUT2D eigenvalue weighted by Gasteiger charge is -2.06. The molecule has 3 aromatic rings. The molecule has 6 nitrogen and oxygen atoms in total. The van der Waals surface area contributed by atoms with Gasteiger partial charge < -0.3 is 15.3 Å². The number of hydrogen-bond donors (Lipinski definition) is 3. The van der Waals surface area contributed by atoms with Crippen LogP contribution in [0.25, 0.3) is 22.3 Å². The zero-order valence-electron chi connectivity index (χ0n) is 11.0. The molecule has 3 aromatic heterocycles. The summed E-state index contributed by atoms with van der Waals surface area (Å²) >= 11 is 0. The van der Waals surface area contributed by atoms with Crippen molar-refractivity contribution in [2.45, 2.75) is 6.18 Å². The van der Waals surface area contributed by atoms with Crippen molar-refractivity contribution in [3.63, 3.8) is 0 Å². The Bertz CT molecular complexity index is 820. The Hall–Kier alpha value is -2.84. The molecule has 22 heavy (non-hydrogen) atoms. The van der Waals surface area contributed by atoms with Gasteiger partial charge in [-0.3, -0.25) is 4.79 Å². The SMILES string of the molecule is O=C(NCC(F)(F)F)c1cc(-c2ncnc3[nH]ccc23)c[nH]1. The zero-order chi connectivity index (χ0) is 15.7. The minimum absolute atomic E-state index is 0.0292. The van der Waals surface area contributed by atoms with Crippen molar-refractivity contribution in [1.29, 1.82) is 0 Å². The number of aromatic amines is 2. The molecule has 0 aliphatic heterocycles. The van der Waals surface area contributed by atoms with Crippen molar-refractivity contribution in [2.75, 3.05) is 6.54 Å². The van der Waals surface area contributed by atoms with Crippen LogP contribution in [0.2, 0.25) is 0 Å². The van der Waals surface area contributed by atoms with Crippen LogP contribution < -0.4 is 5.32 Å². The van der Waals surface area contributed by atoms with Crippen molar-refractivity contribution in [2.24, 2.45) is 0 Å². The predicted molar refractivity (Wildman–Crippen MR) is 72.1 cm³/mol. The fourth-order valence-corrected chi connectivity index (χ4v) is 2.04. The van der Waals surface area contributed by atoms with Crippen LogP contribution in [-0.2, 0) is 0 Å². The van der Waals surface area contributed by atoms with Crippen LogP contribution in [0.3, 0.4) is 0 Å². The second-order valence-corrected chi connectivity index (χ2v) is 4.56. The third kappa shape index (κ3) is 2.78. The van der Waals surface area contributed by atoms with Crippen molar-refractivity contribution in [3.05, 3.63) is 36.5 Å². The van der Waals surface area contributed by atoms with Gasteiger partial charge in [-0.15, -0.1) is 0 Å². The van der Waals surface area contributed by atoms with Gasteiger partial charge in [0.05, 0.1) is 5.69 Å². The number of rotatable bonds is 3. The summed E-state index contributed by atoms with van der Waals surface area (Å²) in [5, 5.41) is 2.56. The summed E-state index contributed by atoms with van der Waals surface area (Å²) in [6.45, 7) is -1.38. The zero-order valence-corrected chi connectivity index (χ0v) is 11.0. The van der Waals surface area contributed by atoms with E-state index in [1.807, 2.05) is 0 Å². The molecule has 0 spiro atoms. The van der Waals surface area contributed by atoms with Crippen LogP contribution in [0.1, 0.15) is 10.5 Å². The first-order valence-electron chi connectivity index (χ1n) is 6.26. The second-order valence-electron chi connectivity index (χ2n) is 4.56. The van der Waals surface area contributed by atoms with E-state index in [4.69, 9.17) is 0 Å². The van der Waals surface area contributed by atoms with E-state index >= 15 is 0 Å². The Morgan fingerprint density at radius 1 is 1.27 bits per heavy atom. The van der Waals surface area contributed by atoms with Gasteiger partial charge in [-0.25, -0.2) is 9.97 Å². The van der Waals surface area contributed by atoms with Gasteiger partial charge in [0, 0.05) is 23.3 Å². The van der Waals surface area contributed by atoms with E-state index in [2.05, 4.69) is 19.9 Å². The summed E-state index contributed by atoms with van der Waals surface area (Å²) in [6.07, 6.45) is 0.128. The second kappa shape index (κ2) is 5.17. The number of fused-ring (bicyclic) bond motifs is 1. The number of carbonyl (C=O) groups is 1. The molecule has 1 amide bonds. The highest BCUT2D eigenvalue weighted by atomic mass is 19.4. The lowest BCUT2D eigenvalue weighted by Crippen LogP contribution is -2.33. The fourth-order valence-electron chi connectivity index (χ4n) is 2.04. The highest BCUT2D eigenvalue weighted by molar-refractivity contribution is 5.96. The Kier molecular flexibility index (Phi) is 3.32. The van der Waals surface area contributed by atoms with Gasteiger partial charge in [0.15, 0.2) is 0 Å². The van der Waals surface area contributed by atoms with Crippen molar-refractivity contribution in [3.8, 4) is 11.3 Å². The molecule has 0 unspecified atom stereocenters. The number of carbonyl (C=O) groups excluding carboxylic acids is 1. The van der Waals surface area contributed by atoms with Gasteiger partial charge in [0.2, 0.25) is 0 Å². The summed E-state index contributed by atoms with van der Waals surface area (Å²) in [6, 6.07) is 3.22. The number of alkyl halides is 3. The van der Waals surface area contributed by atoms with Crippen molar-refractivity contribution >= 4 is 16.9 Å². The maximum Gasteiger partial charge on any atom is 0.405 e. The number of amides is 1. The molecule has 9 heteroatoms. The smallest absolute Gasteiger partial charge is 0.357 e. The van der Waals surface area contributed by atoms with E-state index in [0.29, 0.717) is 16.9 Å². The van der Waals surface area contributed by atoms with E-state index in [1.165, 1.54) is 18.6 Å². The summed E-state index contributed by atoms with van der Waals surface area (Å²) in [5.41, 5.74) is 1.83. The Labute approximate surface area is 121 Å². The number of halogens is 3. The molecule has 0 aliphatic carbocycles. The summed E-state index contributed by atoms with van der Waals surface area (Å²) < 4.78 is 36.3. The largest absolute Gasteiger partial charge is 0.405 e. The molecule has 0 fully saturated rings. The van der Waals surface area contributed by atoms with Gasteiger partial charge in [-0.05, 0) is 12.1 Å². The van der Waals surface area contributed by atoms with E-state index in [1.54, 1.807) is 17.6 Å². The quantitative estimate of drug-likeness (QED) is 0.693. The lowest BCUT2D eigenvalue weighted by molar-refractivity contribution is -0.123. The van der Waals surface area contributed by atoms with Crippen LogP contribution in [0.15, 0.2) is 30.9 Å². The average molecular weight is 309 g/mol. The minimum Gasteiger partial charge on any atom is -0.357 e. The average Bonchev–Trinajstić information content (AvgIpc) is 3.12. The summed E-state index contributed by atoms with van der Waals surface area (Å²) in [7, 11) is 0. The Morgan fingerprint density at radius 2 is 2.09 bits per heavy atom. The molecule has 3 heterocycles. The maximum absolute atomic E-state index is 12.1. The fraction of sp³-hybridized carbons (Fsp3) is 0.154. The molecule has 0 atom stereocenters. The maximum atomic E-state index is 12.1. The molecule has 3 N–H and O–H groups in total. The summed E-state index contributed by atoms with van der Waals surface area (Å²) in [4.78, 5) is 25.4. The molecule has 0 bridgehead atoms. The molecular weight excluding hydrogens is 299 g/mol. The number of nitrogens with one attached hydrogen (secondary N) is 3. The Balaban J connectivity index is 1.85. The van der Waals surface area contributed by atoms with Crippen molar-refractivity contribution in [1.82, 2.24) is 25.3 Å². The molecular formula is C13H10F3N5O. The number of nitrogens with zero attached hydrogens (tertiary/aromatic N) is 2. The number of hydrogen-bond acceptors (Lipinski definition) is 3. The van der Waals surface area contributed by atoms with Crippen LogP contribution in [-0.4, -0.2) is 38.6 Å². The van der Waals surface area contributed by atoms with Crippen molar-refractivity contribution < 1.29 is 18.0 Å². The predicted octanol–water partition coefficient (Wildman–Crippen LogP) is 2.25. The lowest BCUT2D eigenvalue weighted by atomic mass is 10.1. The highest BCUT2D eigenvalue weighted by Gasteiger charge is 2.28. The molecule has 0 radical (unpaired) electrons. The molecule has 0 saturated heterocycles. The van der Waals surface area contributed by atoms with E-state index in [0.717, 1.165) is 5.39 Å². The van der Waals surface area contributed by atoms with E-state index in [-0.39, 0.29) is 5.69 Å².